The molecule has 2 heterocycles. The number of aliphatic hydroxyl groups is 1. The van der Waals surface area contributed by atoms with Gasteiger partial charge in [-0.25, -0.2) is 0 Å². The number of ketones is 1. The van der Waals surface area contributed by atoms with Crippen LogP contribution in [-0.2, 0) is 23.9 Å². The Labute approximate surface area is 195 Å². The molecule has 2 saturated heterocycles. The molecule has 0 bridgehead atoms. The smallest absolute Gasteiger partial charge is 0.383 e. The van der Waals surface area contributed by atoms with Gasteiger partial charge in [0.2, 0.25) is 11.8 Å². The fraction of sp³-hybridized carbons (Fsp3) is 0.818. The number of nitrogens with one attached hydrogen (secondary N) is 2. The van der Waals surface area contributed by atoms with Gasteiger partial charge in [0.25, 0.3) is 5.91 Å². The molecule has 0 spiro atoms. The summed E-state index contributed by atoms with van der Waals surface area (Å²) in [5.41, 5.74) is 0. The molecule has 0 aromatic heterocycles. The Morgan fingerprint density at radius 2 is 2.00 bits per heavy atom. The third-order valence-electron chi connectivity index (χ3n) is 7.06. The third-order valence-corrected chi connectivity index (χ3v) is 7.06. The molecule has 9 nitrogen and oxygen atoms in total. The van der Waals surface area contributed by atoms with Gasteiger partial charge >= 0.3 is 6.36 Å². The Morgan fingerprint density at radius 3 is 2.62 bits per heavy atom. The minimum atomic E-state index is -5.02. The van der Waals surface area contributed by atoms with Crippen LogP contribution < -0.4 is 10.6 Å². The van der Waals surface area contributed by atoms with Crippen LogP contribution in [0.15, 0.2) is 0 Å². The number of rotatable bonds is 10. The van der Waals surface area contributed by atoms with Crippen LogP contribution in [0.3, 0.4) is 0 Å². The van der Waals surface area contributed by atoms with Gasteiger partial charge in [-0.05, 0) is 43.9 Å². The van der Waals surface area contributed by atoms with Crippen LogP contribution in [0.2, 0.25) is 0 Å². The molecule has 3 rings (SSSR count). The van der Waals surface area contributed by atoms with Gasteiger partial charge in [0.1, 0.15) is 18.8 Å². The zero-order valence-corrected chi connectivity index (χ0v) is 19.1. The van der Waals surface area contributed by atoms with Gasteiger partial charge in [-0.1, -0.05) is 19.8 Å². The van der Waals surface area contributed by atoms with Crippen LogP contribution in [-0.4, -0.2) is 77.8 Å². The molecule has 3 amide bonds. The summed E-state index contributed by atoms with van der Waals surface area (Å²) in [7, 11) is 0. The molecule has 1 saturated carbocycles. The van der Waals surface area contributed by atoms with Gasteiger partial charge in [0, 0.05) is 19.0 Å². The molecular weight excluding hydrogens is 459 g/mol. The first-order chi connectivity index (χ1) is 16.0. The molecule has 0 aromatic rings. The molecule has 3 aliphatic rings. The second-order valence-electron chi connectivity index (χ2n) is 9.37. The van der Waals surface area contributed by atoms with E-state index < -0.39 is 54.7 Å². The number of ether oxygens (including phenoxy) is 1. The van der Waals surface area contributed by atoms with Crippen molar-refractivity contribution in [3.8, 4) is 0 Å². The minimum absolute atomic E-state index is 0.0804. The first-order valence-corrected chi connectivity index (χ1v) is 11.8. The van der Waals surface area contributed by atoms with Crippen LogP contribution in [0.5, 0.6) is 0 Å². The predicted molar refractivity (Wildman–Crippen MR) is 112 cm³/mol. The molecular formula is C22H32F3N3O6. The molecule has 2 aliphatic heterocycles. The fourth-order valence-electron chi connectivity index (χ4n) is 5.39. The number of likely N-dealkylation sites (tertiary alicyclic amines) is 1. The molecule has 12 heteroatoms. The Balaban J connectivity index is 1.77. The van der Waals surface area contributed by atoms with E-state index in [0.29, 0.717) is 32.4 Å². The molecule has 192 valence electrons. The van der Waals surface area contributed by atoms with Crippen LogP contribution in [0.1, 0.15) is 51.9 Å². The Bertz CT molecular complexity index is 792. The second kappa shape index (κ2) is 11.0. The van der Waals surface area contributed by atoms with E-state index >= 15 is 0 Å². The summed E-state index contributed by atoms with van der Waals surface area (Å²) < 4.78 is 41.1. The number of halogens is 3. The Kier molecular flexibility index (Phi) is 8.56. The van der Waals surface area contributed by atoms with Crippen LogP contribution in [0.25, 0.3) is 0 Å². The number of alkyl halides is 3. The Hall–Kier alpha value is -2.21. The first kappa shape index (κ1) is 26.4. The van der Waals surface area contributed by atoms with E-state index in [0.717, 1.165) is 12.8 Å². The van der Waals surface area contributed by atoms with E-state index in [9.17, 15) is 37.5 Å². The van der Waals surface area contributed by atoms with Crippen molar-refractivity contribution in [2.75, 3.05) is 19.7 Å². The molecule has 3 N–H and O–H groups in total. The number of Topliss-reactive ketones (excluding diaryl/α,β-unsaturated/α-hetero) is 1. The number of aliphatic hydroxyl groups excluding tert-OH is 1. The van der Waals surface area contributed by atoms with Crippen molar-refractivity contribution in [1.29, 1.82) is 0 Å². The van der Waals surface area contributed by atoms with Crippen LogP contribution >= 0.6 is 0 Å². The van der Waals surface area contributed by atoms with E-state index in [1.54, 1.807) is 0 Å². The van der Waals surface area contributed by atoms with Gasteiger partial charge in [-0.2, -0.15) is 0 Å². The second-order valence-corrected chi connectivity index (χ2v) is 9.37. The number of hydrogen-bond donors (Lipinski definition) is 3. The highest BCUT2D eigenvalue weighted by Crippen LogP contribution is 2.42. The molecule has 6 atom stereocenters. The minimum Gasteiger partial charge on any atom is -0.383 e. The van der Waals surface area contributed by atoms with Crippen molar-refractivity contribution < 1.29 is 42.2 Å². The topological polar surface area (TPSA) is 125 Å². The third kappa shape index (κ3) is 6.26. The summed E-state index contributed by atoms with van der Waals surface area (Å²) in [5, 5.41) is 15.4. The van der Waals surface area contributed by atoms with Crippen molar-refractivity contribution in [2.45, 2.75) is 76.4 Å². The highest BCUT2D eigenvalue weighted by Gasteiger charge is 2.50. The average molecular weight is 492 g/mol. The lowest BCUT2D eigenvalue weighted by atomic mass is 9.92. The summed E-state index contributed by atoms with van der Waals surface area (Å²) in [4.78, 5) is 52.1. The predicted octanol–water partition coefficient (Wildman–Crippen LogP) is 0.891. The molecule has 0 aromatic carbocycles. The van der Waals surface area contributed by atoms with Crippen molar-refractivity contribution in [3.63, 3.8) is 0 Å². The maximum Gasteiger partial charge on any atom is 0.522 e. The van der Waals surface area contributed by atoms with Gasteiger partial charge in [0.15, 0.2) is 5.78 Å². The lowest BCUT2D eigenvalue weighted by molar-refractivity contribution is -0.321. The number of carbonyl (C=O) groups excluding carboxylic acids is 4. The summed E-state index contributed by atoms with van der Waals surface area (Å²) >= 11 is 0. The van der Waals surface area contributed by atoms with E-state index in [1.165, 1.54) is 4.90 Å². The van der Waals surface area contributed by atoms with Gasteiger partial charge in [-0.3, -0.25) is 23.9 Å². The normalized spacial score (nSPS) is 28.4. The first-order valence-electron chi connectivity index (χ1n) is 11.8. The highest BCUT2D eigenvalue weighted by molar-refractivity contribution is 5.95. The van der Waals surface area contributed by atoms with E-state index in [1.807, 2.05) is 6.92 Å². The van der Waals surface area contributed by atoms with E-state index in [4.69, 9.17) is 0 Å². The Morgan fingerprint density at radius 1 is 1.26 bits per heavy atom. The van der Waals surface area contributed by atoms with Crippen LogP contribution in [0.4, 0.5) is 13.2 Å². The van der Waals surface area contributed by atoms with E-state index in [-0.39, 0.29) is 30.6 Å². The molecule has 3 fully saturated rings. The zero-order chi connectivity index (χ0) is 25.0. The monoisotopic (exact) mass is 491 g/mol. The lowest BCUT2D eigenvalue weighted by Crippen LogP contribution is -2.55. The largest absolute Gasteiger partial charge is 0.522 e. The van der Waals surface area contributed by atoms with Gasteiger partial charge < -0.3 is 20.6 Å². The number of amides is 3. The van der Waals surface area contributed by atoms with Crippen molar-refractivity contribution in [3.05, 3.63) is 0 Å². The summed E-state index contributed by atoms with van der Waals surface area (Å²) in [6.45, 7) is 1.21. The van der Waals surface area contributed by atoms with Crippen LogP contribution in [0, 0.1) is 17.8 Å². The van der Waals surface area contributed by atoms with E-state index in [2.05, 4.69) is 15.4 Å². The summed E-state index contributed by atoms with van der Waals surface area (Å²) in [6.07, 6.45) is -2.83. The molecule has 1 aliphatic carbocycles. The lowest BCUT2D eigenvalue weighted by Gasteiger charge is -2.30. The molecule has 5 unspecified atom stereocenters. The number of nitrogens with zero attached hydrogens (tertiary/aromatic N) is 1. The molecule has 34 heavy (non-hydrogen) atoms. The zero-order valence-electron chi connectivity index (χ0n) is 19.1. The van der Waals surface area contributed by atoms with Crippen molar-refractivity contribution >= 4 is 23.5 Å². The average Bonchev–Trinajstić information content (AvgIpc) is 3.46. The van der Waals surface area contributed by atoms with Crippen molar-refractivity contribution in [1.82, 2.24) is 15.5 Å². The number of fused-ring (bicyclic) bond motifs is 1. The number of hydrogen-bond acceptors (Lipinski definition) is 6. The standard InChI is InChI=1S/C22H32F3N3O6/c1-2-4-16(29)21(33)28-10-13-5-3-6-14(13)18(28)20(32)27-15(9-12-7-8-26-19(12)31)17(30)11-34-22(23,24)25/h12-16,18,29H,2-11H2,1H3,(H,26,31)(H,27,32)/t12?,13?,14?,15?,16?,18-/m0/s1. The van der Waals surface area contributed by atoms with Crippen molar-refractivity contribution in [2.24, 2.45) is 17.8 Å². The quantitative estimate of drug-likeness (QED) is 0.417. The van der Waals surface area contributed by atoms with Gasteiger partial charge in [-0.15, -0.1) is 13.2 Å². The maximum atomic E-state index is 13.4. The van der Waals surface area contributed by atoms with Gasteiger partial charge in [0.05, 0.1) is 6.04 Å². The fourth-order valence-corrected chi connectivity index (χ4v) is 5.39. The highest BCUT2D eigenvalue weighted by atomic mass is 19.4. The molecule has 0 radical (unpaired) electrons. The SMILES string of the molecule is CCCC(O)C(=O)N1CC2CCCC2[C@H]1C(=O)NC(CC1CCNC1=O)C(=O)COC(F)(F)F. The summed E-state index contributed by atoms with van der Waals surface area (Å²) in [6, 6.07) is -2.30. The maximum absolute atomic E-state index is 13.4. The number of carbonyl (C=O) groups is 4. The summed E-state index contributed by atoms with van der Waals surface area (Å²) in [5.74, 6) is -3.26.